The number of nitrogens with one attached hydrogen (secondary N) is 1. The molecule has 1 aromatic rings. The van der Waals surface area contributed by atoms with Crippen LogP contribution >= 0.6 is 0 Å². The smallest absolute Gasteiger partial charge is 0.240 e. The number of nitrogens with two attached hydrogens (primary N) is 1. The van der Waals surface area contributed by atoms with E-state index in [0.29, 0.717) is 12.5 Å². The Morgan fingerprint density at radius 1 is 1.24 bits per heavy atom. The van der Waals surface area contributed by atoms with Gasteiger partial charge in [-0.05, 0) is 30.5 Å². The van der Waals surface area contributed by atoms with E-state index in [0.717, 1.165) is 12.5 Å². The molecule has 1 aliphatic carbocycles. The minimum absolute atomic E-state index is 0.0166. The Morgan fingerprint density at radius 2 is 1.95 bits per heavy atom. The van der Waals surface area contributed by atoms with Crippen molar-refractivity contribution in [3.8, 4) is 0 Å². The Hall–Kier alpha value is -0.980. The number of hydrogen-bond acceptors (Lipinski definition) is 3. The molecule has 1 aromatic carbocycles. The zero-order valence-corrected chi connectivity index (χ0v) is 13.0. The van der Waals surface area contributed by atoms with Gasteiger partial charge in [-0.2, -0.15) is 0 Å². The van der Waals surface area contributed by atoms with Crippen molar-refractivity contribution in [1.29, 1.82) is 0 Å². The van der Waals surface area contributed by atoms with Gasteiger partial charge >= 0.3 is 0 Å². The normalized spacial score (nSPS) is 17.0. The molecule has 0 aliphatic heterocycles. The molecule has 0 radical (unpaired) electrons. The second-order valence-corrected chi connectivity index (χ2v) is 7.41. The molecule has 21 heavy (non-hydrogen) atoms. The lowest BCUT2D eigenvalue weighted by Gasteiger charge is -2.21. The lowest BCUT2D eigenvalue weighted by Crippen LogP contribution is -2.27. The Morgan fingerprint density at radius 3 is 2.62 bits per heavy atom. The van der Waals surface area contributed by atoms with E-state index in [2.05, 4.69) is 4.72 Å². The molecule has 0 unspecified atom stereocenters. The number of sulfonamides is 1. The highest BCUT2D eigenvalue weighted by atomic mass is 32.2. The average Bonchev–Trinajstić information content (AvgIpc) is 2.48. The Bertz CT molecular complexity index is 569. The molecule has 0 amide bonds. The fraction of sp³-hybridized carbons (Fsp3) is 0.600. The molecule has 0 bridgehead atoms. The average molecular weight is 314 g/mol. The van der Waals surface area contributed by atoms with E-state index in [-0.39, 0.29) is 17.0 Å². The van der Waals surface area contributed by atoms with Gasteiger partial charge in [0.15, 0.2) is 0 Å². The van der Waals surface area contributed by atoms with Gasteiger partial charge in [-0.25, -0.2) is 17.5 Å². The van der Waals surface area contributed by atoms with E-state index in [4.69, 9.17) is 5.73 Å². The summed E-state index contributed by atoms with van der Waals surface area (Å²) in [6.07, 6.45) is 7.03. The van der Waals surface area contributed by atoms with Crippen molar-refractivity contribution in [2.24, 2.45) is 11.7 Å². The SMILES string of the molecule is NCc1cc(S(=O)(=O)NCCC2CCCCC2)ccc1F. The maximum Gasteiger partial charge on any atom is 0.240 e. The number of halogens is 1. The number of hydrogen-bond donors (Lipinski definition) is 2. The van der Waals surface area contributed by atoms with Crippen LogP contribution in [0.5, 0.6) is 0 Å². The Labute approximate surface area is 126 Å². The van der Waals surface area contributed by atoms with Gasteiger partial charge < -0.3 is 5.73 Å². The van der Waals surface area contributed by atoms with Crippen LogP contribution in [-0.2, 0) is 16.6 Å². The first-order valence-corrected chi connectivity index (χ1v) is 8.99. The zero-order chi connectivity index (χ0) is 15.3. The van der Waals surface area contributed by atoms with E-state index in [1.54, 1.807) is 0 Å². The lowest BCUT2D eigenvalue weighted by molar-refractivity contribution is 0.339. The number of benzene rings is 1. The molecule has 0 heterocycles. The predicted molar refractivity (Wildman–Crippen MR) is 80.7 cm³/mol. The van der Waals surface area contributed by atoms with E-state index < -0.39 is 15.8 Å². The highest BCUT2D eigenvalue weighted by Gasteiger charge is 2.18. The van der Waals surface area contributed by atoms with Gasteiger partial charge in [0.2, 0.25) is 10.0 Å². The van der Waals surface area contributed by atoms with Crippen molar-refractivity contribution in [2.75, 3.05) is 6.54 Å². The first kappa shape index (κ1) is 16.4. The first-order chi connectivity index (χ1) is 10.0. The molecule has 1 fully saturated rings. The van der Waals surface area contributed by atoms with Crippen LogP contribution in [0.3, 0.4) is 0 Å². The summed E-state index contributed by atoms with van der Waals surface area (Å²) in [5.74, 6) is 0.146. The van der Waals surface area contributed by atoms with Gasteiger partial charge in [-0.15, -0.1) is 0 Å². The fourth-order valence-corrected chi connectivity index (χ4v) is 3.93. The second kappa shape index (κ2) is 7.33. The predicted octanol–water partition coefficient (Wildman–Crippen LogP) is 2.53. The van der Waals surface area contributed by atoms with E-state index in [1.165, 1.54) is 44.2 Å². The van der Waals surface area contributed by atoms with Gasteiger partial charge in [0.25, 0.3) is 0 Å². The molecule has 0 aromatic heterocycles. The molecule has 6 heteroatoms. The minimum Gasteiger partial charge on any atom is -0.326 e. The Balaban J connectivity index is 1.94. The highest BCUT2D eigenvalue weighted by Crippen LogP contribution is 2.26. The molecule has 0 atom stereocenters. The monoisotopic (exact) mass is 314 g/mol. The topological polar surface area (TPSA) is 72.2 Å². The fourth-order valence-electron chi connectivity index (χ4n) is 2.83. The van der Waals surface area contributed by atoms with Crippen molar-refractivity contribution >= 4 is 10.0 Å². The summed E-state index contributed by atoms with van der Waals surface area (Å²) in [6, 6.07) is 3.73. The van der Waals surface area contributed by atoms with Crippen LogP contribution < -0.4 is 10.5 Å². The van der Waals surface area contributed by atoms with E-state index >= 15 is 0 Å². The van der Waals surface area contributed by atoms with Gasteiger partial charge in [0.1, 0.15) is 5.82 Å². The lowest BCUT2D eigenvalue weighted by atomic mass is 9.87. The molecular formula is C15H23FN2O2S. The summed E-state index contributed by atoms with van der Waals surface area (Å²) in [5.41, 5.74) is 5.62. The highest BCUT2D eigenvalue weighted by molar-refractivity contribution is 7.89. The molecular weight excluding hydrogens is 291 g/mol. The molecule has 0 spiro atoms. The molecule has 3 N–H and O–H groups in total. The molecule has 1 saturated carbocycles. The van der Waals surface area contributed by atoms with Crippen LogP contribution in [0.4, 0.5) is 4.39 Å². The summed E-state index contributed by atoms with van der Waals surface area (Å²) in [4.78, 5) is 0.0768. The summed E-state index contributed by atoms with van der Waals surface area (Å²) in [7, 11) is -3.58. The van der Waals surface area contributed by atoms with Crippen LogP contribution in [-0.4, -0.2) is 15.0 Å². The summed E-state index contributed by atoms with van der Waals surface area (Å²) < 4.78 is 40.3. The molecule has 1 aliphatic rings. The van der Waals surface area contributed by atoms with Gasteiger partial charge in [0, 0.05) is 18.7 Å². The summed E-state index contributed by atoms with van der Waals surface area (Å²) in [5, 5.41) is 0. The van der Waals surface area contributed by atoms with E-state index in [9.17, 15) is 12.8 Å². The maximum absolute atomic E-state index is 13.4. The standard InChI is InChI=1S/C15H23FN2O2S/c16-15-7-6-14(10-13(15)11-17)21(19,20)18-9-8-12-4-2-1-3-5-12/h6-7,10,12,18H,1-5,8-9,11,17H2. The van der Waals surface area contributed by atoms with Crippen LogP contribution in [0.25, 0.3) is 0 Å². The van der Waals surface area contributed by atoms with Crippen molar-refractivity contribution < 1.29 is 12.8 Å². The van der Waals surface area contributed by atoms with Crippen LogP contribution in [0.2, 0.25) is 0 Å². The Kier molecular flexibility index (Phi) is 5.72. The molecule has 4 nitrogen and oxygen atoms in total. The molecule has 0 saturated heterocycles. The van der Waals surface area contributed by atoms with Crippen molar-refractivity contribution in [3.63, 3.8) is 0 Å². The summed E-state index contributed by atoms with van der Waals surface area (Å²) >= 11 is 0. The van der Waals surface area contributed by atoms with Crippen molar-refractivity contribution in [3.05, 3.63) is 29.6 Å². The number of rotatable bonds is 6. The van der Waals surface area contributed by atoms with Gasteiger partial charge in [-0.3, -0.25) is 0 Å². The zero-order valence-electron chi connectivity index (χ0n) is 12.1. The third-order valence-corrected chi connectivity index (χ3v) is 5.58. The third kappa shape index (κ3) is 4.49. The first-order valence-electron chi connectivity index (χ1n) is 7.51. The van der Waals surface area contributed by atoms with Crippen LogP contribution in [0, 0.1) is 11.7 Å². The largest absolute Gasteiger partial charge is 0.326 e. The second-order valence-electron chi connectivity index (χ2n) is 5.65. The van der Waals surface area contributed by atoms with E-state index in [1.807, 2.05) is 0 Å². The maximum atomic E-state index is 13.4. The van der Waals surface area contributed by atoms with Crippen molar-refractivity contribution in [1.82, 2.24) is 4.72 Å². The molecule has 2 rings (SSSR count). The quantitative estimate of drug-likeness (QED) is 0.847. The van der Waals surface area contributed by atoms with Crippen LogP contribution in [0.1, 0.15) is 44.1 Å². The van der Waals surface area contributed by atoms with Gasteiger partial charge in [-0.1, -0.05) is 32.1 Å². The van der Waals surface area contributed by atoms with Gasteiger partial charge in [0.05, 0.1) is 4.90 Å². The van der Waals surface area contributed by atoms with Crippen molar-refractivity contribution in [2.45, 2.75) is 50.0 Å². The third-order valence-electron chi connectivity index (χ3n) is 4.12. The molecule has 118 valence electrons. The van der Waals surface area contributed by atoms with Crippen LogP contribution in [0.15, 0.2) is 23.1 Å². The minimum atomic E-state index is -3.58. The summed E-state index contributed by atoms with van der Waals surface area (Å²) in [6.45, 7) is 0.416.